The van der Waals surface area contributed by atoms with Crippen LogP contribution in [-0.2, 0) is 19.0 Å². The van der Waals surface area contributed by atoms with Gasteiger partial charge in [0.25, 0.3) is 0 Å². The average molecular weight is 368 g/mol. The highest BCUT2D eigenvalue weighted by Gasteiger charge is 2.26. The summed E-state index contributed by atoms with van der Waals surface area (Å²) in [6.07, 6.45) is 0.785. The number of hydrogen-bond donors (Lipinski definition) is 0. The van der Waals surface area contributed by atoms with Gasteiger partial charge in [-0.1, -0.05) is 55.1 Å². The molecular weight excluding hydrogens is 344 g/mol. The lowest BCUT2D eigenvalue weighted by Gasteiger charge is -2.09. The summed E-state index contributed by atoms with van der Waals surface area (Å²) < 4.78 is 20.4. The zero-order valence-electron chi connectivity index (χ0n) is 15.4. The summed E-state index contributed by atoms with van der Waals surface area (Å²) in [6, 6.07) is 17.3. The largest absolute Gasteiger partial charge is 0.423 e. The Morgan fingerprint density at radius 3 is 2.11 bits per heavy atom. The zero-order valence-corrected chi connectivity index (χ0v) is 15.4. The lowest BCUT2D eigenvalue weighted by molar-refractivity contribution is -0.130. The van der Waals surface area contributed by atoms with Crippen molar-refractivity contribution in [3.05, 3.63) is 66.7 Å². The van der Waals surface area contributed by atoms with Crippen LogP contribution in [0.15, 0.2) is 66.7 Å². The maximum atomic E-state index is 11.6. The fourth-order valence-electron chi connectivity index (χ4n) is 2.26. The number of hydrogen-bond acceptors (Lipinski definition) is 5. The highest BCUT2D eigenvalue weighted by molar-refractivity contribution is 5.90. The Hall–Kier alpha value is -2.47. The molecule has 2 saturated heterocycles. The third kappa shape index (κ3) is 6.64. The molecule has 2 heterocycles. The van der Waals surface area contributed by atoms with Gasteiger partial charge >= 0.3 is 5.97 Å². The van der Waals surface area contributed by atoms with Gasteiger partial charge in [-0.15, -0.1) is 0 Å². The number of esters is 1. The number of rotatable bonds is 7. The van der Waals surface area contributed by atoms with Gasteiger partial charge in [-0.2, -0.15) is 0 Å². The lowest BCUT2D eigenvalue weighted by atomic mass is 10.1. The molecule has 2 aromatic rings. The van der Waals surface area contributed by atoms with Crippen molar-refractivity contribution in [2.24, 2.45) is 0 Å². The number of epoxide rings is 2. The molecule has 2 aliphatic heterocycles. The predicted octanol–water partition coefficient (Wildman–Crippen LogP) is 3.64. The number of carbonyl (C=O) groups excluding carboxylic acids is 1. The Morgan fingerprint density at radius 1 is 1.00 bits per heavy atom. The molecule has 5 nitrogen and oxygen atoms in total. The second kappa shape index (κ2) is 9.46. The number of carbonyl (C=O) groups is 1. The van der Waals surface area contributed by atoms with Gasteiger partial charge in [0.15, 0.2) is 0 Å². The van der Waals surface area contributed by atoms with Crippen molar-refractivity contribution in [1.82, 2.24) is 0 Å². The van der Waals surface area contributed by atoms with Crippen molar-refractivity contribution >= 4 is 5.97 Å². The molecule has 2 unspecified atom stereocenters. The smallest absolute Gasteiger partial charge is 0.338 e. The van der Waals surface area contributed by atoms with Crippen molar-refractivity contribution in [3.63, 3.8) is 0 Å². The van der Waals surface area contributed by atoms with E-state index in [4.69, 9.17) is 18.9 Å². The Kier molecular flexibility index (Phi) is 6.76. The summed E-state index contributed by atoms with van der Waals surface area (Å²) >= 11 is 0. The van der Waals surface area contributed by atoms with Crippen LogP contribution in [0, 0.1) is 0 Å². The minimum absolute atomic E-state index is 0.387. The molecule has 4 rings (SSSR count). The van der Waals surface area contributed by atoms with Gasteiger partial charge < -0.3 is 18.9 Å². The monoisotopic (exact) mass is 368 g/mol. The molecule has 0 N–H and O–H groups in total. The van der Waals surface area contributed by atoms with E-state index in [-0.39, 0.29) is 0 Å². The molecule has 142 valence electrons. The van der Waals surface area contributed by atoms with E-state index < -0.39 is 5.97 Å². The van der Waals surface area contributed by atoms with Crippen LogP contribution in [0.5, 0.6) is 5.75 Å². The molecule has 2 atom stereocenters. The quantitative estimate of drug-likeness (QED) is 0.323. The first kappa shape index (κ1) is 19.3. The molecule has 27 heavy (non-hydrogen) atoms. The molecular formula is C22H24O5. The molecule has 5 heteroatoms. The summed E-state index contributed by atoms with van der Waals surface area (Å²) in [5.74, 6) is 0.148. The number of para-hydroxylation sites is 1. The van der Waals surface area contributed by atoms with Crippen LogP contribution < -0.4 is 4.74 Å². The van der Waals surface area contributed by atoms with Crippen molar-refractivity contribution in [2.45, 2.75) is 19.1 Å². The van der Waals surface area contributed by atoms with Gasteiger partial charge in [-0.05, 0) is 18.6 Å². The first-order chi connectivity index (χ1) is 13.1. The molecule has 0 bridgehead atoms. The number of benzene rings is 2. The molecule has 0 radical (unpaired) electrons. The number of ether oxygens (including phenoxy) is 4. The summed E-state index contributed by atoms with van der Waals surface area (Å²) in [5.41, 5.74) is 2.30. The van der Waals surface area contributed by atoms with Gasteiger partial charge in [0.2, 0.25) is 0 Å². The Bertz CT molecular complexity index is 751. The maximum absolute atomic E-state index is 11.6. The topological polar surface area (TPSA) is 60.6 Å². The van der Waals surface area contributed by atoms with E-state index in [0.717, 1.165) is 37.6 Å². The van der Waals surface area contributed by atoms with Crippen molar-refractivity contribution in [3.8, 4) is 16.9 Å². The van der Waals surface area contributed by atoms with Gasteiger partial charge in [-0.25, -0.2) is 4.79 Å². The molecule has 2 fully saturated rings. The molecule has 0 amide bonds. The van der Waals surface area contributed by atoms with Crippen molar-refractivity contribution in [2.75, 3.05) is 26.4 Å². The summed E-state index contributed by atoms with van der Waals surface area (Å²) in [7, 11) is 0. The fraction of sp³-hybridized carbons (Fsp3) is 0.318. The fourth-order valence-corrected chi connectivity index (χ4v) is 2.26. The van der Waals surface area contributed by atoms with E-state index in [1.54, 1.807) is 13.0 Å². The Morgan fingerprint density at radius 2 is 1.56 bits per heavy atom. The summed E-state index contributed by atoms with van der Waals surface area (Å²) in [5, 5.41) is 0. The van der Waals surface area contributed by atoms with Crippen LogP contribution >= 0.6 is 0 Å². The molecule has 0 aromatic heterocycles. The highest BCUT2D eigenvalue weighted by Crippen LogP contribution is 2.29. The highest BCUT2D eigenvalue weighted by atomic mass is 16.6. The van der Waals surface area contributed by atoms with Crippen LogP contribution in [-0.4, -0.2) is 44.6 Å². The predicted molar refractivity (Wildman–Crippen MR) is 103 cm³/mol. The first-order valence-electron chi connectivity index (χ1n) is 8.96. The van der Waals surface area contributed by atoms with Crippen LogP contribution in [0.1, 0.15) is 6.92 Å². The summed E-state index contributed by atoms with van der Waals surface area (Å²) in [6.45, 7) is 8.47. The first-order valence-corrected chi connectivity index (χ1v) is 8.96. The van der Waals surface area contributed by atoms with Gasteiger partial charge in [0.05, 0.1) is 26.4 Å². The summed E-state index contributed by atoms with van der Waals surface area (Å²) in [4.78, 5) is 11.6. The van der Waals surface area contributed by atoms with E-state index in [2.05, 4.69) is 6.58 Å². The average Bonchev–Trinajstić information content (AvgIpc) is 3.59. The third-order valence-corrected chi connectivity index (χ3v) is 3.94. The molecule has 2 aromatic carbocycles. The Balaban J connectivity index is 0.000000193. The van der Waals surface area contributed by atoms with E-state index >= 15 is 0 Å². The van der Waals surface area contributed by atoms with Crippen LogP contribution in [0.4, 0.5) is 0 Å². The van der Waals surface area contributed by atoms with Crippen LogP contribution in [0.3, 0.4) is 0 Å². The van der Waals surface area contributed by atoms with E-state index in [9.17, 15) is 4.79 Å². The third-order valence-electron chi connectivity index (χ3n) is 3.94. The Labute approximate surface area is 159 Å². The van der Waals surface area contributed by atoms with Gasteiger partial charge in [-0.3, -0.25) is 0 Å². The second-order valence-corrected chi connectivity index (χ2v) is 6.48. The minimum Gasteiger partial charge on any atom is -0.423 e. The van der Waals surface area contributed by atoms with Crippen molar-refractivity contribution in [1.29, 1.82) is 0 Å². The van der Waals surface area contributed by atoms with E-state index in [1.807, 2.05) is 48.5 Å². The van der Waals surface area contributed by atoms with Gasteiger partial charge in [0, 0.05) is 11.1 Å². The second-order valence-electron chi connectivity index (χ2n) is 6.48. The van der Waals surface area contributed by atoms with E-state index in [0.29, 0.717) is 23.5 Å². The zero-order chi connectivity index (χ0) is 19.1. The maximum Gasteiger partial charge on any atom is 0.338 e. The molecule has 0 saturated carbocycles. The van der Waals surface area contributed by atoms with Crippen LogP contribution in [0.2, 0.25) is 0 Å². The van der Waals surface area contributed by atoms with Crippen molar-refractivity contribution < 1.29 is 23.7 Å². The normalized spacial score (nSPS) is 19.4. The lowest BCUT2D eigenvalue weighted by Crippen LogP contribution is -2.08. The van der Waals surface area contributed by atoms with E-state index in [1.165, 1.54) is 0 Å². The van der Waals surface area contributed by atoms with Gasteiger partial charge in [0.1, 0.15) is 18.0 Å². The standard InChI is InChI=1S/C16H14O2.C6H10O3/c1-12(2)16(17)18-15-11-7-6-10-14(15)13-8-4-3-5-9-13;1(5-3-8-5)7-2-6-4-9-6/h3-11H,1H2,2H3;5-6H,1-4H2. The SMILES string of the molecule is C(OCC1CO1)C1CO1.C=C(C)C(=O)Oc1ccccc1-c1ccccc1. The van der Waals surface area contributed by atoms with Crippen LogP contribution in [0.25, 0.3) is 11.1 Å². The molecule has 0 spiro atoms. The minimum atomic E-state index is -0.404. The molecule has 2 aliphatic rings. The molecule has 0 aliphatic carbocycles.